The number of hydrogen-bond acceptors (Lipinski definition) is 7. The molecule has 0 bridgehead atoms. The van der Waals surface area contributed by atoms with Crippen LogP contribution in [0, 0.1) is 34.5 Å². The minimum atomic E-state index is -1.08. The Morgan fingerprint density at radius 1 is 0.581 bits per heavy atom. The Morgan fingerprint density at radius 2 is 0.935 bits per heavy atom. The highest BCUT2D eigenvalue weighted by molar-refractivity contribution is 5.91. The molecule has 3 aliphatic carbocycles. The van der Waals surface area contributed by atoms with E-state index in [1.165, 1.54) is 0 Å². The second-order valence-corrected chi connectivity index (χ2v) is 10.3. The maximum absolute atomic E-state index is 13.3. The molecule has 0 aliphatic heterocycles. The fraction of sp³-hybridized carbons (Fsp3) is 0.875. The minimum absolute atomic E-state index is 0.114. The molecule has 0 radical (unpaired) electrons. The van der Waals surface area contributed by atoms with E-state index in [2.05, 4.69) is 0 Å². The molecule has 31 heavy (non-hydrogen) atoms. The number of rotatable bonds is 8. The topological polar surface area (TPSA) is 132 Å². The molecule has 0 aromatic carbocycles. The summed E-state index contributed by atoms with van der Waals surface area (Å²) < 4.78 is 0. The normalized spacial score (nSPS) is 33.5. The molecule has 0 aromatic heterocycles. The summed E-state index contributed by atoms with van der Waals surface area (Å²) in [6.45, 7) is -1.44. The van der Waals surface area contributed by atoms with E-state index < -0.39 is 10.8 Å². The first-order valence-electron chi connectivity index (χ1n) is 11.9. The van der Waals surface area contributed by atoms with E-state index in [-0.39, 0.29) is 67.4 Å². The van der Waals surface area contributed by atoms with E-state index in [1.54, 1.807) is 0 Å². The van der Waals surface area contributed by atoms with Crippen LogP contribution in [0.2, 0.25) is 0 Å². The fourth-order valence-electron chi connectivity index (χ4n) is 6.31. The van der Waals surface area contributed by atoms with Crippen molar-refractivity contribution >= 4 is 17.3 Å². The van der Waals surface area contributed by atoms with Gasteiger partial charge in [-0.3, -0.25) is 14.4 Å². The Bertz CT molecular complexity index is 611. The Hall–Kier alpha value is -1.15. The molecular weight excluding hydrogens is 400 g/mol. The Balaban J connectivity index is 1.65. The van der Waals surface area contributed by atoms with E-state index in [4.69, 9.17) is 0 Å². The molecule has 3 fully saturated rings. The highest BCUT2D eigenvalue weighted by Crippen LogP contribution is 2.43. The maximum Gasteiger partial charge on any atom is 0.146 e. The summed E-state index contributed by atoms with van der Waals surface area (Å²) in [6, 6.07) is 0. The van der Waals surface area contributed by atoms with Gasteiger partial charge in [0.25, 0.3) is 0 Å². The molecule has 0 saturated heterocycles. The average molecular weight is 439 g/mol. The zero-order valence-electron chi connectivity index (χ0n) is 18.4. The first-order valence-corrected chi connectivity index (χ1v) is 11.9. The van der Waals surface area contributed by atoms with Crippen LogP contribution in [-0.2, 0) is 14.4 Å². The van der Waals surface area contributed by atoms with Crippen molar-refractivity contribution < 1.29 is 34.8 Å². The molecular formula is C24H38O7. The molecule has 0 heterocycles. The number of aliphatic hydroxyl groups excluding tert-OH is 4. The second-order valence-electron chi connectivity index (χ2n) is 10.3. The second kappa shape index (κ2) is 10.2. The van der Waals surface area contributed by atoms with E-state index in [0.717, 1.165) is 32.1 Å². The first kappa shape index (κ1) is 24.5. The van der Waals surface area contributed by atoms with Crippen molar-refractivity contribution in [2.75, 3.05) is 26.4 Å². The lowest BCUT2D eigenvalue weighted by Gasteiger charge is -2.40. The Labute approximate surface area is 184 Å². The number of ketones is 3. The lowest BCUT2D eigenvalue weighted by molar-refractivity contribution is -0.144. The van der Waals surface area contributed by atoms with Gasteiger partial charge in [0.2, 0.25) is 0 Å². The minimum Gasteiger partial charge on any atom is -0.395 e. The summed E-state index contributed by atoms with van der Waals surface area (Å²) in [6.07, 6.45) is 7.12. The van der Waals surface area contributed by atoms with Crippen molar-refractivity contribution in [2.24, 2.45) is 34.5 Å². The van der Waals surface area contributed by atoms with Gasteiger partial charge in [0.1, 0.15) is 17.3 Å². The van der Waals surface area contributed by atoms with Gasteiger partial charge in [-0.2, -0.15) is 0 Å². The zero-order valence-corrected chi connectivity index (χ0v) is 18.4. The highest BCUT2D eigenvalue weighted by Gasteiger charge is 2.47. The smallest absolute Gasteiger partial charge is 0.146 e. The summed E-state index contributed by atoms with van der Waals surface area (Å²) in [4.78, 5) is 39.2. The fourth-order valence-corrected chi connectivity index (χ4v) is 6.31. The molecule has 0 aromatic rings. The van der Waals surface area contributed by atoms with Crippen LogP contribution in [0.1, 0.15) is 70.6 Å². The molecule has 4 N–H and O–H groups in total. The zero-order chi connectivity index (χ0) is 22.6. The van der Waals surface area contributed by atoms with Gasteiger partial charge in [0.05, 0.1) is 37.3 Å². The molecule has 4 unspecified atom stereocenters. The number of carbonyl (C=O) groups excluding carboxylic acids is 3. The molecule has 7 heteroatoms. The lowest BCUT2D eigenvalue weighted by Crippen LogP contribution is -2.47. The standard InChI is InChI=1S/C24H38O7/c25-12-23(13-26)8-2-6-18(21(23)30)10-16-4-1-5-17(20(16)29)11-19-7-3-9-24(14-27,15-28)22(19)31/h16-19,25-28H,1-15H2. The number of carbonyl (C=O) groups is 3. The van der Waals surface area contributed by atoms with E-state index >= 15 is 0 Å². The van der Waals surface area contributed by atoms with E-state index in [9.17, 15) is 34.8 Å². The average Bonchev–Trinajstić information content (AvgIpc) is 2.79. The number of hydrogen-bond donors (Lipinski definition) is 4. The van der Waals surface area contributed by atoms with Crippen LogP contribution in [0.25, 0.3) is 0 Å². The largest absolute Gasteiger partial charge is 0.395 e. The van der Waals surface area contributed by atoms with Gasteiger partial charge < -0.3 is 20.4 Å². The predicted octanol–water partition coefficient (Wildman–Crippen LogP) is 1.43. The van der Waals surface area contributed by atoms with Gasteiger partial charge in [-0.1, -0.05) is 19.3 Å². The third-order valence-electron chi connectivity index (χ3n) is 8.46. The lowest BCUT2D eigenvalue weighted by atomic mass is 9.63. The maximum atomic E-state index is 13.3. The van der Waals surface area contributed by atoms with Gasteiger partial charge in [0, 0.05) is 23.7 Å². The molecule has 7 nitrogen and oxygen atoms in total. The van der Waals surface area contributed by atoms with Crippen molar-refractivity contribution in [3.8, 4) is 0 Å². The van der Waals surface area contributed by atoms with Crippen LogP contribution in [-0.4, -0.2) is 64.2 Å². The number of Topliss-reactive ketones (excluding diaryl/α,β-unsaturated/α-hetero) is 3. The van der Waals surface area contributed by atoms with E-state index in [0.29, 0.717) is 38.5 Å². The van der Waals surface area contributed by atoms with Crippen LogP contribution in [0.15, 0.2) is 0 Å². The molecule has 0 amide bonds. The van der Waals surface area contributed by atoms with Gasteiger partial charge in [-0.25, -0.2) is 0 Å². The van der Waals surface area contributed by atoms with Crippen molar-refractivity contribution in [3.05, 3.63) is 0 Å². The summed E-state index contributed by atoms with van der Waals surface area (Å²) in [5, 5.41) is 38.8. The molecule has 3 rings (SSSR count). The van der Waals surface area contributed by atoms with E-state index in [1.807, 2.05) is 0 Å². The molecule has 3 saturated carbocycles. The number of aliphatic hydroxyl groups is 4. The quantitative estimate of drug-likeness (QED) is 0.451. The van der Waals surface area contributed by atoms with Gasteiger partial charge in [-0.05, 0) is 51.4 Å². The highest BCUT2D eigenvalue weighted by atomic mass is 16.3. The SMILES string of the molecule is O=C1C(CC2CCCC(CO)(CO)C2=O)CCCC1CC1CCCC(CO)(CO)C1=O. The van der Waals surface area contributed by atoms with Crippen LogP contribution < -0.4 is 0 Å². The van der Waals surface area contributed by atoms with Crippen LogP contribution in [0.5, 0.6) is 0 Å². The summed E-state index contributed by atoms with van der Waals surface area (Å²) in [7, 11) is 0. The summed E-state index contributed by atoms with van der Waals surface area (Å²) >= 11 is 0. The third-order valence-corrected chi connectivity index (χ3v) is 8.46. The van der Waals surface area contributed by atoms with Gasteiger partial charge >= 0.3 is 0 Å². The van der Waals surface area contributed by atoms with Gasteiger partial charge in [0.15, 0.2) is 0 Å². The molecule has 4 atom stereocenters. The van der Waals surface area contributed by atoms with Gasteiger partial charge in [-0.15, -0.1) is 0 Å². The van der Waals surface area contributed by atoms with Crippen LogP contribution in [0.4, 0.5) is 0 Å². The van der Waals surface area contributed by atoms with Crippen molar-refractivity contribution in [3.63, 3.8) is 0 Å². The van der Waals surface area contributed by atoms with Crippen molar-refractivity contribution in [2.45, 2.75) is 70.6 Å². The monoisotopic (exact) mass is 438 g/mol. The molecule has 3 aliphatic rings. The van der Waals surface area contributed by atoms with Crippen molar-refractivity contribution in [1.82, 2.24) is 0 Å². The predicted molar refractivity (Wildman–Crippen MR) is 113 cm³/mol. The Kier molecular flexibility index (Phi) is 8.05. The third kappa shape index (κ3) is 4.65. The summed E-state index contributed by atoms with van der Waals surface area (Å²) in [5.74, 6) is -1.17. The molecule has 0 spiro atoms. The Morgan fingerprint density at radius 3 is 1.29 bits per heavy atom. The first-order chi connectivity index (χ1) is 14.9. The summed E-state index contributed by atoms with van der Waals surface area (Å²) in [5.41, 5.74) is -2.15. The van der Waals surface area contributed by atoms with Crippen molar-refractivity contribution in [1.29, 1.82) is 0 Å². The van der Waals surface area contributed by atoms with Crippen LogP contribution >= 0.6 is 0 Å². The molecule has 176 valence electrons. The van der Waals surface area contributed by atoms with Crippen LogP contribution in [0.3, 0.4) is 0 Å².